The molecule has 0 aliphatic heterocycles. The number of benzene rings is 2. The molecule has 0 atom stereocenters. The van der Waals surface area contributed by atoms with Gasteiger partial charge in [-0.2, -0.15) is 13.2 Å². The van der Waals surface area contributed by atoms with E-state index in [1.54, 1.807) is 24.5 Å². The van der Waals surface area contributed by atoms with Crippen molar-refractivity contribution < 1.29 is 46.2 Å². The van der Waals surface area contributed by atoms with Gasteiger partial charge in [0.25, 0.3) is 0 Å². The summed E-state index contributed by atoms with van der Waals surface area (Å²) in [5.41, 5.74) is 9.65. The van der Waals surface area contributed by atoms with Crippen molar-refractivity contribution in [3.8, 4) is 34.0 Å². The number of ether oxygens (including phenoxy) is 2. The molecule has 11 nitrogen and oxygen atoms in total. The maximum atomic E-state index is 13.2. The molecular formula is C52H57F5N6O5. The summed E-state index contributed by atoms with van der Waals surface area (Å²) in [7, 11) is 1.81. The lowest BCUT2D eigenvalue weighted by molar-refractivity contribution is -0.143. The van der Waals surface area contributed by atoms with Gasteiger partial charge in [-0.15, -0.1) is 0 Å². The number of Topliss-reactive ketones (excluding diaryl/α,β-unsaturated/α-hetero) is 2. The topological polar surface area (TPSA) is 132 Å². The minimum atomic E-state index is -4.35. The first-order chi connectivity index (χ1) is 32.2. The maximum Gasteiger partial charge on any atom is 0.389 e. The van der Waals surface area contributed by atoms with Gasteiger partial charge in [-0.05, 0) is 132 Å². The van der Waals surface area contributed by atoms with Gasteiger partial charge in [0.2, 0.25) is 5.92 Å². The summed E-state index contributed by atoms with van der Waals surface area (Å²) in [4.78, 5) is 38.1. The van der Waals surface area contributed by atoms with Crippen LogP contribution < -0.4 is 9.47 Å². The van der Waals surface area contributed by atoms with Gasteiger partial charge in [-0.1, -0.05) is 5.16 Å². The Bertz CT molecular complexity index is 2640. The van der Waals surface area contributed by atoms with Gasteiger partial charge in [0.1, 0.15) is 34.4 Å². The predicted molar refractivity (Wildman–Crippen MR) is 252 cm³/mol. The van der Waals surface area contributed by atoms with Crippen molar-refractivity contribution in [1.82, 2.24) is 18.8 Å². The molecule has 0 spiro atoms. The van der Waals surface area contributed by atoms with Crippen molar-refractivity contribution in [2.45, 2.75) is 123 Å². The van der Waals surface area contributed by atoms with Gasteiger partial charge < -0.3 is 14.7 Å². The average molecular weight is 941 g/mol. The van der Waals surface area contributed by atoms with Gasteiger partial charge in [-0.25, -0.2) is 18.7 Å². The molecule has 6 aromatic rings. The number of halogens is 5. The summed E-state index contributed by atoms with van der Waals surface area (Å²) in [5.74, 6) is -1.59. The molecule has 1 N–H and O–H groups in total. The van der Waals surface area contributed by atoms with E-state index < -0.39 is 37.1 Å². The second-order valence-electron chi connectivity index (χ2n) is 18.4. The third-order valence-corrected chi connectivity index (χ3v) is 11.5. The zero-order valence-electron chi connectivity index (χ0n) is 39.1. The second kappa shape index (κ2) is 20.8. The molecule has 2 saturated carbocycles. The molecule has 4 heterocycles. The van der Waals surface area contributed by atoms with Crippen molar-refractivity contribution in [1.29, 1.82) is 0 Å². The molecule has 4 aromatic heterocycles. The van der Waals surface area contributed by atoms with E-state index in [4.69, 9.17) is 9.47 Å². The lowest BCUT2D eigenvalue weighted by atomic mass is 10.0. The summed E-state index contributed by atoms with van der Waals surface area (Å²) in [5, 5.41) is 12.9. The first kappa shape index (κ1) is 49.5. The number of pyridine rings is 2. The number of oxime groups is 1. The molecule has 0 unspecified atom stereocenters. The van der Waals surface area contributed by atoms with Gasteiger partial charge in [0, 0.05) is 91.3 Å². The van der Waals surface area contributed by atoms with Gasteiger partial charge in [0.15, 0.2) is 0 Å². The van der Waals surface area contributed by atoms with Crippen LogP contribution in [0.15, 0.2) is 95.6 Å². The summed E-state index contributed by atoms with van der Waals surface area (Å²) in [6.45, 7) is 8.44. The predicted octanol–water partition coefficient (Wildman–Crippen LogP) is 12.0. The van der Waals surface area contributed by atoms with E-state index in [1.165, 1.54) is 0 Å². The van der Waals surface area contributed by atoms with Crippen LogP contribution in [-0.4, -0.2) is 78.3 Å². The molecule has 8 rings (SSSR count). The molecule has 16 heteroatoms. The lowest BCUT2D eigenvalue weighted by Gasteiger charge is -2.14. The molecule has 2 aliphatic carbocycles. The van der Waals surface area contributed by atoms with E-state index >= 15 is 0 Å². The summed E-state index contributed by atoms with van der Waals surface area (Å²) < 4.78 is 79.5. The van der Waals surface area contributed by atoms with Crippen LogP contribution in [0.25, 0.3) is 33.8 Å². The number of alkyl halides is 5. The second-order valence-corrected chi connectivity index (χ2v) is 18.4. The molecule has 2 aromatic carbocycles. The fourth-order valence-electron chi connectivity index (χ4n) is 8.12. The van der Waals surface area contributed by atoms with Crippen LogP contribution in [0.4, 0.5) is 22.0 Å². The summed E-state index contributed by atoms with van der Waals surface area (Å²) in [6.07, 6.45) is 4.85. The number of carbonyl (C=O) groups excluding carboxylic acids is 2. The highest BCUT2D eigenvalue weighted by atomic mass is 19.4. The van der Waals surface area contributed by atoms with Gasteiger partial charge >= 0.3 is 6.18 Å². The van der Waals surface area contributed by atoms with Crippen LogP contribution in [-0.2, 0) is 22.4 Å². The smallest absolute Gasteiger partial charge is 0.389 e. The molecule has 0 amide bonds. The minimum absolute atomic E-state index is 0.0526. The zero-order chi connectivity index (χ0) is 48.9. The van der Waals surface area contributed by atoms with Crippen molar-refractivity contribution in [2.75, 3.05) is 7.05 Å². The van der Waals surface area contributed by atoms with Crippen LogP contribution >= 0.6 is 0 Å². The standard InChI is InChI=1S/C26H28F3N3O2.C26H29F2N3O3/c1-16(2)34-22-12-17(11-21(33)6-8-26(27,28)29)10-20(13-22)23-15-31-24-14-19(7-9-32(23)24)25(30-3)18-4-5-18;1-16(2)34-22-12-17(11-21(32)6-8-26(3,27)28)10-20(13-22)23-15-29-24-14-19(7-9-31(23)24)25(30-33)18-4-5-18/h7,9-10,12-16,18H,4-6,8,11H2,1-3H3;7,9-10,12-16,18,33H,4-6,8,11H2,1-3H3. The lowest BCUT2D eigenvalue weighted by Crippen LogP contribution is -2.13. The van der Waals surface area contributed by atoms with Gasteiger partial charge in [-0.3, -0.25) is 23.4 Å². The zero-order valence-corrected chi connectivity index (χ0v) is 39.1. The molecule has 68 heavy (non-hydrogen) atoms. The molecule has 0 radical (unpaired) electrons. The first-order valence-electron chi connectivity index (χ1n) is 23.0. The third kappa shape index (κ3) is 13.4. The quantitative estimate of drug-likeness (QED) is 0.0370. The Morgan fingerprint density at radius 2 is 1.13 bits per heavy atom. The number of imidazole rings is 2. The van der Waals surface area contributed by atoms with Crippen LogP contribution in [0, 0.1) is 11.8 Å². The Hall–Kier alpha value is -6.45. The molecule has 0 saturated heterocycles. The Kier molecular flexibility index (Phi) is 15.1. The van der Waals surface area contributed by atoms with Crippen molar-refractivity contribution >= 4 is 34.3 Å². The summed E-state index contributed by atoms with van der Waals surface area (Å²) in [6, 6.07) is 18.8. The van der Waals surface area contributed by atoms with E-state index in [1.807, 2.05) is 104 Å². The maximum absolute atomic E-state index is 13.2. The normalized spacial score (nSPS) is 14.7. The minimum Gasteiger partial charge on any atom is -0.491 e. The van der Waals surface area contributed by atoms with E-state index in [9.17, 15) is 36.7 Å². The number of aliphatic imine (C=N–C) groups is 1. The van der Waals surface area contributed by atoms with Crippen LogP contribution in [0.2, 0.25) is 0 Å². The van der Waals surface area contributed by atoms with Gasteiger partial charge in [0.05, 0.1) is 48.1 Å². The number of nitrogens with zero attached hydrogens (tertiary/aromatic N) is 6. The van der Waals surface area contributed by atoms with Crippen LogP contribution in [0.3, 0.4) is 0 Å². The Morgan fingerprint density at radius 3 is 1.53 bits per heavy atom. The number of fused-ring (bicyclic) bond motifs is 2. The fourth-order valence-corrected chi connectivity index (χ4v) is 8.12. The summed E-state index contributed by atoms with van der Waals surface area (Å²) >= 11 is 0. The number of hydrogen-bond acceptors (Lipinski definition) is 9. The van der Waals surface area contributed by atoms with Crippen molar-refractivity contribution in [2.24, 2.45) is 22.0 Å². The van der Waals surface area contributed by atoms with E-state index in [-0.39, 0.29) is 37.3 Å². The number of aromatic nitrogens is 4. The monoisotopic (exact) mass is 940 g/mol. The molecule has 2 fully saturated rings. The van der Waals surface area contributed by atoms with Crippen molar-refractivity contribution in [3.05, 3.63) is 108 Å². The number of hydrogen-bond donors (Lipinski definition) is 1. The highest BCUT2D eigenvalue weighted by Crippen LogP contribution is 2.36. The molecule has 360 valence electrons. The fraction of sp³-hybridized carbons (Fsp3) is 0.423. The molecular weight excluding hydrogens is 884 g/mol. The average Bonchev–Trinajstić information content (AvgIpc) is 4.19. The Morgan fingerprint density at radius 1 is 0.691 bits per heavy atom. The molecule has 0 bridgehead atoms. The third-order valence-electron chi connectivity index (χ3n) is 11.5. The highest BCUT2D eigenvalue weighted by Gasteiger charge is 2.31. The SMILES string of the molecule is CC(C)Oc1cc(CC(=O)CCC(C)(F)F)cc(-c2cnc3cc(C(=NO)C4CC4)ccn23)c1.CN=C(c1ccn2c(-c3cc(CC(=O)CCC(F)(F)F)cc(OC(C)C)c3)cnc2c1)C1CC1. The number of ketones is 2. The largest absolute Gasteiger partial charge is 0.491 e. The Balaban J connectivity index is 0.000000201. The van der Waals surface area contributed by atoms with Crippen molar-refractivity contribution in [3.63, 3.8) is 0 Å². The molecule has 2 aliphatic rings. The van der Waals surface area contributed by atoms with E-state index in [0.29, 0.717) is 45.8 Å². The number of rotatable bonds is 19. The Labute approximate surface area is 392 Å². The first-order valence-corrected chi connectivity index (χ1v) is 23.0. The van der Waals surface area contributed by atoms with Crippen LogP contribution in [0.1, 0.15) is 108 Å². The van der Waals surface area contributed by atoms with Crippen LogP contribution in [0.5, 0.6) is 11.5 Å². The number of carbonyl (C=O) groups is 2. The van der Waals surface area contributed by atoms with E-state index in [2.05, 4.69) is 20.1 Å². The highest BCUT2D eigenvalue weighted by molar-refractivity contribution is 6.04. The van der Waals surface area contributed by atoms with E-state index in [0.717, 1.165) is 77.6 Å².